The molecule has 134 valence electrons. The van der Waals surface area contributed by atoms with E-state index < -0.39 is 46.0 Å². The molecular weight excluding hydrogens is 460 g/mol. The van der Waals surface area contributed by atoms with Crippen molar-refractivity contribution in [1.82, 2.24) is 0 Å². The van der Waals surface area contributed by atoms with Crippen LogP contribution in [0, 0.1) is 15.2 Å². The smallest absolute Gasteiger partial charge is 0.417 e. The first-order valence-corrected chi connectivity index (χ1v) is 7.97. The molecule has 2 rings (SSSR count). The van der Waals surface area contributed by atoms with E-state index in [0.717, 1.165) is 12.1 Å². The van der Waals surface area contributed by atoms with Gasteiger partial charge in [0.2, 0.25) is 0 Å². The number of ether oxygens (including phenoxy) is 1. The van der Waals surface area contributed by atoms with E-state index in [4.69, 9.17) is 10.5 Å². The van der Waals surface area contributed by atoms with Gasteiger partial charge in [-0.15, -0.1) is 0 Å². The van der Waals surface area contributed by atoms with Crippen LogP contribution in [-0.2, 0) is 10.9 Å². The zero-order valence-electron chi connectivity index (χ0n) is 12.7. The van der Waals surface area contributed by atoms with Crippen LogP contribution >= 0.6 is 22.6 Å². The lowest BCUT2D eigenvalue weighted by molar-refractivity contribution is -0.137. The first-order chi connectivity index (χ1) is 11.6. The Bertz CT molecular complexity index is 836. The van der Waals surface area contributed by atoms with Crippen molar-refractivity contribution in [3.63, 3.8) is 0 Å². The molecule has 3 nitrogen and oxygen atoms in total. The van der Waals surface area contributed by atoms with E-state index in [-0.39, 0.29) is 15.9 Å². The van der Waals surface area contributed by atoms with Crippen LogP contribution in [0.4, 0.5) is 27.6 Å². The molecule has 2 aromatic rings. The van der Waals surface area contributed by atoms with Crippen LogP contribution in [0.1, 0.15) is 22.8 Å². The Morgan fingerprint density at radius 1 is 1.24 bits per heavy atom. The van der Waals surface area contributed by atoms with Gasteiger partial charge in [0.15, 0.2) is 0 Å². The third-order valence-electron chi connectivity index (χ3n) is 3.31. The minimum atomic E-state index is -4.90. The predicted molar refractivity (Wildman–Crippen MR) is 89.9 cm³/mol. The largest absolute Gasteiger partial charge is 0.462 e. The molecule has 0 fully saturated rings. The number of nitrogen functional groups attached to an aromatic ring is 1. The summed E-state index contributed by atoms with van der Waals surface area (Å²) in [4.78, 5) is 11.9. The Morgan fingerprint density at radius 3 is 2.40 bits per heavy atom. The molecule has 0 atom stereocenters. The number of nitrogens with two attached hydrogens (primary N) is 1. The molecule has 9 heteroatoms. The molecule has 2 N–H and O–H groups in total. The molecule has 0 bridgehead atoms. The maximum Gasteiger partial charge on any atom is 0.417 e. The summed E-state index contributed by atoms with van der Waals surface area (Å²) in [5.74, 6) is -3.12. The molecule has 25 heavy (non-hydrogen) atoms. The van der Waals surface area contributed by atoms with Crippen molar-refractivity contribution in [2.45, 2.75) is 13.1 Å². The molecule has 0 saturated carbocycles. The maximum absolute atomic E-state index is 14.1. The second kappa shape index (κ2) is 7.14. The number of alkyl halides is 3. The van der Waals surface area contributed by atoms with Crippen molar-refractivity contribution in [2.75, 3.05) is 12.3 Å². The number of carbonyl (C=O) groups is 1. The lowest BCUT2D eigenvalue weighted by Crippen LogP contribution is -2.16. The highest BCUT2D eigenvalue weighted by Gasteiger charge is 2.37. The number of esters is 1. The number of hydrogen-bond acceptors (Lipinski definition) is 3. The molecule has 0 amide bonds. The van der Waals surface area contributed by atoms with Gasteiger partial charge in [-0.25, -0.2) is 13.6 Å². The standard InChI is InChI=1S/C16H11F5INO2/c1-2-25-15(24)9-6-10(16(19,20)21)12(13(22)14(9)23)8-4-3-7(17)5-11(8)18/h3-6H,2,23H2,1H3. The van der Waals surface area contributed by atoms with Crippen molar-refractivity contribution in [1.29, 1.82) is 0 Å². The number of rotatable bonds is 3. The Morgan fingerprint density at radius 2 is 1.88 bits per heavy atom. The van der Waals surface area contributed by atoms with E-state index in [1.165, 1.54) is 29.5 Å². The summed E-state index contributed by atoms with van der Waals surface area (Å²) in [6.45, 7) is 1.44. The van der Waals surface area contributed by atoms with Gasteiger partial charge in [-0.1, -0.05) is 0 Å². The summed E-state index contributed by atoms with van der Waals surface area (Å²) < 4.78 is 72.1. The molecule has 0 aliphatic heterocycles. The van der Waals surface area contributed by atoms with E-state index in [2.05, 4.69) is 0 Å². The number of benzene rings is 2. The van der Waals surface area contributed by atoms with Crippen LogP contribution in [0.2, 0.25) is 0 Å². The Balaban J connectivity index is 2.84. The summed E-state index contributed by atoms with van der Waals surface area (Å²) in [7, 11) is 0. The highest BCUT2D eigenvalue weighted by atomic mass is 127. The predicted octanol–water partition coefficient (Wildman–Crippen LogP) is 5.01. The van der Waals surface area contributed by atoms with Gasteiger partial charge in [-0.2, -0.15) is 13.2 Å². The molecule has 0 aliphatic rings. The van der Waals surface area contributed by atoms with Crippen LogP contribution in [0.3, 0.4) is 0 Å². The zero-order valence-corrected chi connectivity index (χ0v) is 14.8. The van der Waals surface area contributed by atoms with E-state index >= 15 is 0 Å². The van der Waals surface area contributed by atoms with Crippen LogP contribution in [0.5, 0.6) is 0 Å². The van der Waals surface area contributed by atoms with Gasteiger partial charge in [0.1, 0.15) is 11.6 Å². The highest BCUT2D eigenvalue weighted by Crippen LogP contribution is 2.43. The summed E-state index contributed by atoms with van der Waals surface area (Å²) >= 11 is 1.49. The molecule has 2 aromatic carbocycles. The fourth-order valence-electron chi connectivity index (χ4n) is 2.22. The minimum Gasteiger partial charge on any atom is -0.462 e. The topological polar surface area (TPSA) is 52.3 Å². The summed E-state index contributed by atoms with van der Waals surface area (Å²) in [6, 6.07) is 2.72. The van der Waals surface area contributed by atoms with E-state index in [0.29, 0.717) is 12.1 Å². The van der Waals surface area contributed by atoms with Crippen molar-refractivity contribution in [3.05, 3.63) is 50.6 Å². The molecule has 0 saturated heterocycles. The second-order valence-electron chi connectivity index (χ2n) is 4.92. The third kappa shape index (κ3) is 3.86. The molecular formula is C16H11F5INO2. The normalized spacial score (nSPS) is 11.5. The summed E-state index contributed by atoms with van der Waals surface area (Å²) in [5, 5.41) is 0. The zero-order chi connectivity index (χ0) is 18.9. The van der Waals surface area contributed by atoms with Gasteiger partial charge in [0.05, 0.1) is 23.4 Å². The monoisotopic (exact) mass is 471 g/mol. The Hall–Kier alpha value is -1.91. The molecule has 0 heterocycles. The highest BCUT2D eigenvalue weighted by molar-refractivity contribution is 14.1. The van der Waals surface area contributed by atoms with Crippen LogP contribution in [0.25, 0.3) is 11.1 Å². The van der Waals surface area contributed by atoms with E-state index in [1.54, 1.807) is 0 Å². The first kappa shape index (κ1) is 19.4. The fraction of sp³-hybridized carbons (Fsp3) is 0.188. The van der Waals surface area contributed by atoms with Gasteiger partial charge in [0.25, 0.3) is 0 Å². The van der Waals surface area contributed by atoms with Gasteiger partial charge in [-0.3, -0.25) is 0 Å². The van der Waals surface area contributed by atoms with Gasteiger partial charge in [-0.05, 0) is 47.7 Å². The lowest BCUT2D eigenvalue weighted by Gasteiger charge is -2.19. The molecule has 0 aliphatic carbocycles. The first-order valence-electron chi connectivity index (χ1n) is 6.89. The Labute approximate surface area is 153 Å². The molecule has 0 radical (unpaired) electrons. The van der Waals surface area contributed by atoms with Gasteiger partial charge >= 0.3 is 12.1 Å². The SMILES string of the molecule is CCOC(=O)c1cc(C(F)(F)F)c(-c2ccc(F)cc2F)c(I)c1N. The quantitative estimate of drug-likeness (QED) is 0.296. The van der Waals surface area contributed by atoms with Gasteiger partial charge < -0.3 is 10.5 Å². The van der Waals surface area contributed by atoms with Crippen LogP contribution in [0.15, 0.2) is 24.3 Å². The van der Waals surface area contributed by atoms with Crippen LogP contribution < -0.4 is 5.73 Å². The number of hydrogen-bond donors (Lipinski definition) is 1. The van der Waals surface area contributed by atoms with Crippen molar-refractivity contribution in [2.24, 2.45) is 0 Å². The summed E-state index contributed by atoms with van der Waals surface area (Å²) in [6.07, 6.45) is -4.90. The third-order valence-corrected chi connectivity index (χ3v) is 4.43. The average molecular weight is 471 g/mol. The lowest BCUT2D eigenvalue weighted by atomic mass is 9.95. The maximum atomic E-state index is 14.1. The van der Waals surface area contributed by atoms with E-state index in [1.807, 2.05) is 0 Å². The number of carbonyl (C=O) groups excluding carboxylic acids is 1. The number of halogens is 6. The molecule has 0 spiro atoms. The van der Waals surface area contributed by atoms with Crippen molar-refractivity contribution in [3.8, 4) is 11.1 Å². The van der Waals surface area contributed by atoms with Crippen molar-refractivity contribution < 1.29 is 31.5 Å². The van der Waals surface area contributed by atoms with E-state index in [9.17, 15) is 26.7 Å². The van der Waals surface area contributed by atoms with Crippen molar-refractivity contribution >= 4 is 34.2 Å². The second-order valence-corrected chi connectivity index (χ2v) is 6.00. The fourth-order valence-corrected chi connectivity index (χ4v) is 3.09. The molecule has 0 unspecified atom stereocenters. The summed E-state index contributed by atoms with van der Waals surface area (Å²) in [5.41, 5.74) is 2.74. The van der Waals surface area contributed by atoms with Gasteiger partial charge in [0, 0.05) is 20.8 Å². The van der Waals surface area contributed by atoms with Crippen LogP contribution in [-0.4, -0.2) is 12.6 Å². The number of anilines is 1. The Kier molecular flexibility index (Phi) is 5.55. The minimum absolute atomic E-state index is 0.0510. The average Bonchev–Trinajstić information content (AvgIpc) is 2.49. The molecule has 0 aromatic heterocycles.